The van der Waals surface area contributed by atoms with Gasteiger partial charge in [-0.1, -0.05) is 6.07 Å². The number of nitrogens with two attached hydrogens (primary N) is 1. The molecule has 1 aliphatic heterocycles. The first-order valence-corrected chi connectivity index (χ1v) is 8.31. The molecule has 0 radical (unpaired) electrons. The van der Waals surface area contributed by atoms with Crippen molar-refractivity contribution in [3.8, 4) is 6.07 Å². The summed E-state index contributed by atoms with van der Waals surface area (Å²) in [5.41, 5.74) is 6.44. The molecule has 2 unspecified atom stereocenters. The maximum absolute atomic E-state index is 13.8. The molecule has 0 bridgehead atoms. The summed E-state index contributed by atoms with van der Waals surface area (Å²) >= 11 is 0. The summed E-state index contributed by atoms with van der Waals surface area (Å²) < 4.78 is 38.1. The van der Waals surface area contributed by atoms with Crippen LogP contribution in [0.3, 0.4) is 0 Å². The minimum absolute atomic E-state index is 0.00422. The fourth-order valence-corrected chi connectivity index (χ4v) is 3.66. The zero-order valence-electron chi connectivity index (χ0n) is 14.0. The van der Waals surface area contributed by atoms with Crippen molar-refractivity contribution < 1.29 is 22.7 Å². The standard InChI is InChI=1S/C20H14F2N2O3/c21-13-4-3-10(6-14(13)22)18-12(9-23)20(24)27-17-8-11(7-15(25)19(17)18)16-2-1-5-26-16/h1-6,11,18H,7-8,24H2. The molecule has 0 saturated carbocycles. The Morgan fingerprint density at radius 3 is 2.67 bits per heavy atom. The Morgan fingerprint density at radius 2 is 2.00 bits per heavy atom. The molecule has 2 N–H and O–H groups in total. The van der Waals surface area contributed by atoms with Crippen LogP contribution in [0.15, 0.2) is 63.8 Å². The first-order valence-electron chi connectivity index (χ1n) is 8.31. The number of halogens is 2. The third kappa shape index (κ3) is 2.79. The summed E-state index contributed by atoms with van der Waals surface area (Å²) in [5, 5.41) is 9.51. The van der Waals surface area contributed by atoms with E-state index in [0.29, 0.717) is 17.9 Å². The number of carbonyl (C=O) groups excluding carboxylic acids is 1. The number of ether oxygens (including phenoxy) is 1. The maximum Gasteiger partial charge on any atom is 0.205 e. The highest BCUT2D eigenvalue weighted by atomic mass is 19.2. The average molecular weight is 368 g/mol. The van der Waals surface area contributed by atoms with Gasteiger partial charge in [-0.15, -0.1) is 0 Å². The number of allylic oxidation sites excluding steroid dienone is 3. The number of nitrogens with zero attached hydrogens (tertiary/aromatic N) is 1. The van der Waals surface area contributed by atoms with Gasteiger partial charge in [0.2, 0.25) is 5.88 Å². The number of hydrogen-bond donors (Lipinski definition) is 1. The zero-order chi connectivity index (χ0) is 19.1. The van der Waals surface area contributed by atoms with Crippen molar-refractivity contribution in [2.75, 3.05) is 0 Å². The van der Waals surface area contributed by atoms with Gasteiger partial charge in [0, 0.05) is 24.3 Å². The molecule has 0 saturated heterocycles. The summed E-state index contributed by atoms with van der Waals surface area (Å²) in [5.74, 6) is -2.58. The third-order valence-electron chi connectivity index (χ3n) is 4.88. The Labute approximate surface area is 153 Å². The molecule has 1 aromatic heterocycles. The second-order valence-corrected chi connectivity index (χ2v) is 6.48. The molecule has 0 amide bonds. The van der Waals surface area contributed by atoms with Crippen molar-refractivity contribution in [2.24, 2.45) is 5.73 Å². The number of rotatable bonds is 2. The van der Waals surface area contributed by atoms with Crippen molar-refractivity contribution >= 4 is 5.78 Å². The van der Waals surface area contributed by atoms with Gasteiger partial charge < -0.3 is 14.9 Å². The van der Waals surface area contributed by atoms with Crippen LogP contribution in [0.5, 0.6) is 0 Å². The summed E-state index contributed by atoms with van der Waals surface area (Å²) in [6.07, 6.45) is 2.04. The first kappa shape index (κ1) is 17.0. The lowest BCUT2D eigenvalue weighted by molar-refractivity contribution is -0.117. The number of Topliss-reactive ketones (excluding diaryl/α,β-unsaturated/α-hetero) is 1. The van der Waals surface area contributed by atoms with E-state index >= 15 is 0 Å². The summed E-state index contributed by atoms with van der Waals surface area (Å²) in [6, 6.07) is 8.73. The van der Waals surface area contributed by atoms with Crippen LogP contribution in [-0.2, 0) is 9.53 Å². The monoisotopic (exact) mass is 368 g/mol. The quantitative estimate of drug-likeness (QED) is 0.872. The molecule has 2 aromatic rings. The van der Waals surface area contributed by atoms with Crippen molar-refractivity contribution in [1.82, 2.24) is 0 Å². The van der Waals surface area contributed by atoms with Crippen molar-refractivity contribution in [1.29, 1.82) is 5.26 Å². The molecule has 2 aliphatic rings. The zero-order valence-corrected chi connectivity index (χ0v) is 14.0. The topological polar surface area (TPSA) is 89.3 Å². The Bertz CT molecular complexity index is 1030. The summed E-state index contributed by atoms with van der Waals surface area (Å²) in [4.78, 5) is 12.9. The fraction of sp³-hybridized carbons (Fsp3) is 0.200. The summed E-state index contributed by atoms with van der Waals surface area (Å²) in [6.45, 7) is 0. The van der Waals surface area contributed by atoms with E-state index in [9.17, 15) is 18.8 Å². The lowest BCUT2D eigenvalue weighted by Gasteiger charge is -2.33. The number of benzene rings is 1. The van der Waals surface area contributed by atoms with E-state index < -0.39 is 17.6 Å². The predicted molar refractivity (Wildman–Crippen MR) is 89.7 cm³/mol. The molecule has 4 rings (SSSR count). The minimum Gasteiger partial charge on any atom is -0.469 e. The van der Waals surface area contributed by atoms with Gasteiger partial charge in [0.15, 0.2) is 17.4 Å². The van der Waals surface area contributed by atoms with Crippen LogP contribution in [0, 0.1) is 23.0 Å². The van der Waals surface area contributed by atoms with Gasteiger partial charge in [0.05, 0.1) is 12.2 Å². The molecule has 27 heavy (non-hydrogen) atoms. The Kier molecular flexibility index (Phi) is 4.04. The van der Waals surface area contributed by atoms with E-state index in [2.05, 4.69) is 0 Å². The molecule has 1 aliphatic carbocycles. The molecule has 7 heteroatoms. The van der Waals surface area contributed by atoms with Crippen LogP contribution < -0.4 is 5.73 Å². The Hall–Kier alpha value is -3.40. The normalized spacial score (nSPS) is 22.3. The highest BCUT2D eigenvalue weighted by molar-refractivity contribution is 6.00. The molecule has 5 nitrogen and oxygen atoms in total. The smallest absolute Gasteiger partial charge is 0.205 e. The van der Waals surface area contributed by atoms with Gasteiger partial charge in [0.25, 0.3) is 0 Å². The number of furan rings is 1. The second-order valence-electron chi connectivity index (χ2n) is 6.48. The highest BCUT2D eigenvalue weighted by Crippen LogP contribution is 2.46. The predicted octanol–water partition coefficient (Wildman–Crippen LogP) is 3.77. The van der Waals surface area contributed by atoms with E-state index in [1.54, 1.807) is 12.1 Å². The molecule has 2 heterocycles. The maximum atomic E-state index is 13.8. The number of nitriles is 1. The average Bonchev–Trinajstić information content (AvgIpc) is 3.17. The molecule has 136 valence electrons. The SMILES string of the molecule is N#CC1=C(N)OC2=C(C(=O)CC(c3ccco3)C2)C1c1ccc(F)c(F)c1. The van der Waals surface area contributed by atoms with Crippen LogP contribution in [0.2, 0.25) is 0 Å². The van der Waals surface area contributed by atoms with Gasteiger partial charge in [-0.25, -0.2) is 8.78 Å². The van der Waals surface area contributed by atoms with Crippen LogP contribution >= 0.6 is 0 Å². The van der Waals surface area contributed by atoms with Crippen LogP contribution in [0.4, 0.5) is 8.78 Å². The van der Waals surface area contributed by atoms with Crippen molar-refractivity contribution in [3.63, 3.8) is 0 Å². The lowest BCUT2D eigenvalue weighted by atomic mass is 9.74. The molecule has 2 atom stereocenters. The van der Waals surface area contributed by atoms with E-state index in [1.165, 1.54) is 12.3 Å². The number of hydrogen-bond acceptors (Lipinski definition) is 5. The third-order valence-corrected chi connectivity index (χ3v) is 4.88. The summed E-state index contributed by atoms with van der Waals surface area (Å²) in [7, 11) is 0. The van der Waals surface area contributed by atoms with Crippen molar-refractivity contribution in [2.45, 2.75) is 24.7 Å². The largest absolute Gasteiger partial charge is 0.469 e. The number of carbonyl (C=O) groups is 1. The molecular weight excluding hydrogens is 354 g/mol. The minimum atomic E-state index is -1.06. The Balaban J connectivity index is 1.82. The second kappa shape index (κ2) is 6.40. The van der Waals surface area contributed by atoms with E-state index in [0.717, 1.165) is 12.1 Å². The Morgan fingerprint density at radius 1 is 1.19 bits per heavy atom. The van der Waals surface area contributed by atoms with Gasteiger partial charge in [0.1, 0.15) is 23.2 Å². The van der Waals surface area contributed by atoms with Gasteiger partial charge in [-0.3, -0.25) is 4.79 Å². The van der Waals surface area contributed by atoms with E-state index in [4.69, 9.17) is 14.9 Å². The first-order chi connectivity index (χ1) is 13.0. The molecular formula is C20H14F2N2O3. The van der Waals surface area contributed by atoms with Crippen LogP contribution in [0.25, 0.3) is 0 Å². The molecule has 0 spiro atoms. The molecule has 1 aromatic carbocycles. The van der Waals surface area contributed by atoms with Gasteiger partial charge in [-0.05, 0) is 29.8 Å². The lowest BCUT2D eigenvalue weighted by Crippen LogP contribution is -2.29. The van der Waals surface area contributed by atoms with Gasteiger partial charge >= 0.3 is 0 Å². The van der Waals surface area contributed by atoms with E-state index in [-0.39, 0.29) is 40.7 Å². The van der Waals surface area contributed by atoms with Crippen LogP contribution in [0.1, 0.15) is 36.0 Å². The number of ketones is 1. The van der Waals surface area contributed by atoms with Gasteiger partial charge in [-0.2, -0.15) is 5.26 Å². The molecule has 0 fully saturated rings. The highest BCUT2D eigenvalue weighted by Gasteiger charge is 2.41. The fourth-order valence-electron chi connectivity index (χ4n) is 3.66. The van der Waals surface area contributed by atoms with Crippen molar-refractivity contribution in [3.05, 3.63) is 82.3 Å². The van der Waals surface area contributed by atoms with Crippen LogP contribution in [-0.4, -0.2) is 5.78 Å². The van der Waals surface area contributed by atoms with E-state index in [1.807, 2.05) is 6.07 Å².